The highest BCUT2D eigenvalue weighted by atomic mass is 19.2. The van der Waals surface area contributed by atoms with Gasteiger partial charge < -0.3 is 5.73 Å². The first-order chi connectivity index (χ1) is 7.52. The molecule has 0 aliphatic carbocycles. The van der Waals surface area contributed by atoms with Crippen LogP contribution in [0.1, 0.15) is 31.7 Å². The van der Waals surface area contributed by atoms with Gasteiger partial charge in [-0.05, 0) is 38.3 Å². The van der Waals surface area contributed by atoms with Crippen molar-refractivity contribution in [1.82, 2.24) is 0 Å². The van der Waals surface area contributed by atoms with Crippen LogP contribution in [0.5, 0.6) is 0 Å². The van der Waals surface area contributed by atoms with Crippen LogP contribution < -0.4 is 5.73 Å². The summed E-state index contributed by atoms with van der Waals surface area (Å²) in [5.74, 6) is -2.75. The molecule has 0 aliphatic rings. The molecule has 0 fully saturated rings. The minimum Gasteiger partial charge on any atom is -0.328 e. The van der Waals surface area contributed by atoms with Crippen LogP contribution in [0.15, 0.2) is 12.1 Å². The van der Waals surface area contributed by atoms with Gasteiger partial charge in [-0.15, -0.1) is 0 Å². The van der Waals surface area contributed by atoms with E-state index in [2.05, 4.69) is 0 Å². The summed E-state index contributed by atoms with van der Waals surface area (Å²) in [5.41, 5.74) is 5.39. The summed E-state index contributed by atoms with van der Waals surface area (Å²) in [6.07, 6.45) is 2.41. The Balaban J connectivity index is 2.56. The second-order valence-electron chi connectivity index (χ2n) is 4.04. The van der Waals surface area contributed by atoms with Crippen LogP contribution in [0.3, 0.4) is 0 Å². The van der Waals surface area contributed by atoms with Gasteiger partial charge in [0.25, 0.3) is 0 Å². The standard InChI is InChI=1S/C12H16F3N/c1-8(16)4-2-3-5-9-10(13)6-7-11(14)12(9)15/h6-8H,2-5,16H2,1H3. The highest BCUT2D eigenvalue weighted by Crippen LogP contribution is 2.18. The number of benzene rings is 1. The molecule has 0 spiro atoms. The van der Waals surface area contributed by atoms with Crippen LogP contribution in [0.2, 0.25) is 0 Å². The molecule has 1 unspecified atom stereocenters. The van der Waals surface area contributed by atoms with Crippen molar-refractivity contribution in [3.8, 4) is 0 Å². The molecule has 0 saturated carbocycles. The summed E-state index contributed by atoms with van der Waals surface area (Å²) in [7, 11) is 0. The van der Waals surface area contributed by atoms with Gasteiger partial charge in [0.15, 0.2) is 11.6 Å². The van der Waals surface area contributed by atoms with Gasteiger partial charge in [0.05, 0.1) is 0 Å². The average Bonchev–Trinajstić information content (AvgIpc) is 2.22. The van der Waals surface area contributed by atoms with Crippen LogP contribution in [0.25, 0.3) is 0 Å². The summed E-state index contributed by atoms with van der Waals surface area (Å²) >= 11 is 0. The Morgan fingerprint density at radius 1 is 1.12 bits per heavy atom. The van der Waals surface area contributed by atoms with E-state index in [-0.39, 0.29) is 18.0 Å². The molecule has 1 rings (SSSR count). The molecule has 0 radical (unpaired) electrons. The topological polar surface area (TPSA) is 26.0 Å². The van der Waals surface area contributed by atoms with E-state index in [4.69, 9.17) is 5.73 Å². The molecular weight excluding hydrogens is 215 g/mol. The number of unbranched alkanes of at least 4 members (excludes halogenated alkanes) is 1. The van der Waals surface area contributed by atoms with Crippen molar-refractivity contribution >= 4 is 0 Å². The molecule has 1 nitrogen and oxygen atoms in total. The van der Waals surface area contributed by atoms with E-state index >= 15 is 0 Å². The van der Waals surface area contributed by atoms with Gasteiger partial charge in [-0.1, -0.05) is 6.42 Å². The first-order valence-electron chi connectivity index (χ1n) is 5.40. The molecule has 0 aliphatic heterocycles. The maximum Gasteiger partial charge on any atom is 0.164 e. The molecule has 1 aromatic carbocycles. The van der Waals surface area contributed by atoms with Gasteiger partial charge in [-0.3, -0.25) is 0 Å². The molecular formula is C12H16F3N. The minimum atomic E-state index is -1.07. The van der Waals surface area contributed by atoms with Gasteiger partial charge in [-0.2, -0.15) is 0 Å². The van der Waals surface area contributed by atoms with Crippen molar-refractivity contribution in [2.45, 2.75) is 38.6 Å². The number of hydrogen-bond acceptors (Lipinski definition) is 1. The van der Waals surface area contributed by atoms with Crippen molar-refractivity contribution in [1.29, 1.82) is 0 Å². The molecule has 0 aromatic heterocycles. The predicted octanol–water partition coefficient (Wildman–Crippen LogP) is 3.16. The maximum atomic E-state index is 13.2. The van der Waals surface area contributed by atoms with Crippen LogP contribution >= 0.6 is 0 Å². The molecule has 16 heavy (non-hydrogen) atoms. The summed E-state index contributed by atoms with van der Waals surface area (Å²) in [5, 5.41) is 0. The van der Waals surface area contributed by atoms with E-state index in [1.165, 1.54) is 0 Å². The summed E-state index contributed by atoms with van der Waals surface area (Å²) in [6.45, 7) is 1.88. The minimum absolute atomic E-state index is 0.0854. The molecule has 0 amide bonds. The predicted molar refractivity (Wildman–Crippen MR) is 57.5 cm³/mol. The molecule has 1 aromatic rings. The second-order valence-corrected chi connectivity index (χ2v) is 4.04. The SMILES string of the molecule is CC(N)CCCCc1c(F)ccc(F)c1F. The van der Waals surface area contributed by atoms with Crippen molar-refractivity contribution in [3.63, 3.8) is 0 Å². The van der Waals surface area contributed by atoms with Crippen LogP contribution in [-0.2, 0) is 6.42 Å². The third-order valence-corrected chi connectivity index (χ3v) is 2.48. The zero-order valence-electron chi connectivity index (χ0n) is 9.27. The Kier molecular flexibility index (Phi) is 4.80. The third kappa shape index (κ3) is 3.52. The lowest BCUT2D eigenvalue weighted by atomic mass is 10.0. The molecule has 4 heteroatoms. The average molecular weight is 231 g/mol. The fourth-order valence-corrected chi connectivity index (χ4v) is 1.57. The summed E-state index contributed by atoms with van der Waals surface area (Å²) in [6, 6.07) is 1.84. The lowest BCUT2D eigenvalue weighted by Gasteiger charge is -2.07. The third-order valence-electron chi connectivity index (χ3n) is 2.48. The van der Waals surface area contributed by atoms with Crippen LogP contribution in [-0.4, -0.2) is 6.04 Å². The monoisotopic (exact) mass is 231 g/mol. The normalized spacial score (nSPS) is 12.8. The Hall–Kier alpha value is -1.03. The molecule has 0 bridgehead atoms. The first-order valence-corrected chi connectivity index (χ1v) is 5.40. The van der Waals surface area contributed by atoms with Crippen molar-refractivity contribution in [2.24, 2.45) is 5.73 Å². The van der Waals surface area contributed by atoms with Gasteiger partial charge in [0.1, 0.15) is 5.82 Å². The fourth-order valence-electron chi connectivity index (χ4n) is 1.57. The van der Waals surface area contributed by atoms with E-state index in [1.54, 1.807) is 0 Å². The van der Waals surface area contributed by atoms with Gasteiger partial charge in [0, 0.05) is 11.6 Å². The second kappa shape index (κ2) is 5.89. The van der Waals surface area contributed by atoms with E-state index in [9.17, 15) is 13.2 Å². The van der Waals surface area contributed by atoms with E-state index < -0.39 is 17.5 Å². The molecule has 2 N–H and O–H groups in total. The smallest absolute Gasteiger partial charge is 0.164 e. The molecule has 90 valence electrons. The maximum absolute atomic E-state index is 13.2. The number of halogens is 3. The Morgan fingerprint density at radius 2 is 1.75 bits per heavy atom. The first kappa shape index (κ1) is 13.0. The lowest BCUT2D eigenvalue weighted by molar-refractivity contribution is 0.474. The zero-order chi connectivity index (χ0) is 12.1. The number of nitrogens with two attached hydrogens (primary N) is 1. The van der Waals surface area contributed by atoms with Crippen molar-refractivity contribution in [2.75, 3.05) is 0 Å². The number of hydrogen-bond donors (Lipinski definition) is 1. The summed E-state index contributed by atoms with van der Waals surface area (Å²) < 4.78 is 39.2. The molecule has 1 atom stereocenters. The highest BCUT2D eigenvalue weighted by molar-refractivity contribution is 5.21. The largest absolute Gasteiger partial charge is 0.328 e. The van der Waals surface area contributed by atoms with Crippen molar-refractivity contribution < 1.29 is 13.2 Å². The van der Waals surface area contributed by atoms with Crippen LogP contribution in [0, 0.1) is 17.5 Å². The lowest BCUT2D eigenvalue weighted by Crippen LogP contribution is -2.14. The van der Waals surface area contributed by atoms with Crippen molar-refractivity contribution in [3.05, 3.63) is 35.1 Å². The van der Waals surface area contributed by atoms with Gasteiger partial charge >= 0.3 is 0 Å². The fraction of sp³-hybridized carbons (Fsp3) is 0.500. The van der Waals surface area contributed by atoms with Gasteiger partial charge in [0.2, 0.25) is 0 Å². The van der Waals surface area contributed by atoms with E-state index in [0.29, 0.717) is 6.42 Å². The van der Waals surface area contributed by atoms with Gasteiger partial charge in [-0.25, -0.2) is 13.2 Å². The van der Waals surface area contributed by atoms with E-state index in [0.717, 1.165) is 25.0 Å². The number of rotatable bonds is 5. The quantitative estimate of drug-likeness (QED) is 0.611. The Morgan fingerprint density at radius 3 is 2.38 bits per heavy atom. The summed E-state index contributed by atoms with van der Waals surface area (Å²) in [4.78, 5) is 0. The van der Waals surface area contributed by atoms with E-state index in [1.807, 2.05) is 6.92 Å². The molecule has 0 heterocycles. The molecule has 0 saturated heterocycles. The van der Waals surface area contributed by atoms with Crippen LogP contribution in [0.4, 0.5) is 13.2 Å². The highest BCUT2D eigenvalue weighted by Gasteiger charge is 2.12. The zero-order valence-corrected chi connectivity index (χ0v) is 9.27. The Labute approximate surface area is 93.5 Å². The Bertz CT molecular complexity index is 350.